The van der Waals surface area contributed by atoms with E-state index in [2.05, 4.69) is 39.2 Å². The summed E-state index contributed by atoms with van der Waals surface area (Å²) >= 11 is 0. The van der Waals surface area contributed by atoms with Crippen molar-refractivity contribution in [3.8, 4) is 11.1 Å². The van der Waals surface area contributed by atoms with Gasteiger partial charge in [-0.2, -0.15) is 5.10 Å². The van der Waals surface area contributed by atoms with Crippen molar-refractivity contribution >= 4 is 16.8 Å². The molecule has 134 valence electrons. The Bertz CT molecular complexity index is 912. The van der Waals surface area contributed by atoms with Gasteiger partial charge in [0.1, 0.15) is 0 Å². The maximum absolute atomic E-state index is 12.6. The molecule has 3 aromatic rings. The molecule has 26 heavy (non-hydrogen) atoms. The lowest BCUT2D eigenvalue weighted by molar-refractivity contribution is 0.0639. The number of likely N-dealkylation sites (tertiary alicyclic amines) is 1. The summed E-state index contributed by atoms with van der Waals surface area (Å²) in [5, 5.41) is 11.1. The Kier molecular flexibility index (Phi) is 4.42. The fourth-order valence-corrected chi connectivity index (χ4v) is 3.38. The first-order valence-electron chi connectivity index (χ1n) is 9.02. The molecule has 6 heteroatoms. The first kappa shape index (κ1) is 16.7. The summed E-state index contributed by atoms with van der Waals surface area (Å²) < 4.78 is 0. The van der Waals surface area contributed by atoms with Crippen LogP contribution in [0.15, 0.2) is 42.7 Å². The second kappa shape index (κ2) is 6.88. The van der Waals surface area contributed by atoms with E-state index in [-0.39, 0.29) is 5.91 Å². The lowest BCUT2D eigenvalue weighted by Crippen LogP contribution is -2.53. The molecule has 1 aromatic carbocycles. The summed E-state index contributed by atoms with van der Waals surface area (Å²) in [6, 6.07) is 10.4. The third-order valence-corrected chi connectivity index (χ3v) is 5.04. The van der Waals surface area contributed by atoms with E-state index >= 15 is 0 Å². The van der Waals surface area contributed by atoms with Gasteiger partial charge in [0, 0.05) is 54.9 Å². The Morgan fingerprint density at radius 2 is 2.15 bits per heavy atom. The number of hydrogen-bond donors (Lipinski definition) is 2. The Labute approximate surface area is 152 Å². The third kappa shape index (κ3) is 3.20. The van der Waals surface area contributed by atoms with Crippen molar-refractivity contribution in [1.82, 2.24) is 25.4 Å². The van der Waals surface area contributed by atoms with Crippen LogP contribution in [-0.4, -0.2) is 51.7 Å². The number of carbonyl (C=O) groups excluding carboxylic acids is 1. The predicted octanol–water partition coefficient (Wildman–Crippen LogP) is 2.69. The summed E-state index contributed by atoms with van der Waals surface area (Å²) in [4.78, 5) is 19.2. The molecular formula is C20H23N5O. The van der Waals surface area contributed by atoms with Gasteiger partial charge in [0.05, 0.1) is 5.52 Å². The highest BCUT2D eigenvalue weighted by molar-refractivity contribution is 6.05. The van der Waals surface area contributed by atoms with Gasteiger partial charge in [-0.25, -0.2) is 0 Å². The maximum atomic E-state index is 12.6. The number of H-pyrrole nitrogens is 1. The number of fused-ring (bicyclic) bond motifs is 1. The predicted molar refractivity (Wildman–Crippen MR) is 102 cm³/mol. The van der Waals surface area contributed by atoms with Gasteiger partial charge < -0.3 is 10.2 Å². The van der Waals surface area contributed by atoms with Crippen molar-refractivity contribution in [2.24, 2.45) is 5.92 Å². The van der Waals surface area contributed by atoms with Gasteiger partial charge >= 0.3 is 0 Å². The molecule has 0 atom stereocenters. The highest BCUT2D eigenvalue weighted by atomic mass is 16.1. The van der Waals surface area contributed by atoms with Gasteiger partial charge in [-0.05, 0) is 37.6 Å². The molecule has 0 aliphatic carbocycles. The summed E-state index contributed by atoms with van der Waals surface area (Å²) in [6.07, 6.45) is 3.57. The standard InChI is InChI=1S/C20H23N5O/c1-13(2)25-11-14(12-25)9-22-20(26)19-17-8-15(5-6-18(17)23-24-19)16-4-3-7-21-10-16/h3-8,10,13-14H,9,11-12H2,1-2H3,(H,22,26)(H,23,24). The van der Waals surface area contributed by atoms with Crippen molar-refractivity contribution in [3.05, 3.63) is 48.4 Å². The minimum absolute atomic E-state index is 0.123. The molecule has 0 spiro atoms. The molecule has 0 bridgehead atoms. The molecule has 0 unspecified atom stereocenters. The van der Waals surface area contributed by atoms with Crippen molar-refractivity contribution in [2.75, 3.05) is 19.6 Å². The average molecular weight is 349 g/mol. The molecule has 2 aromatic heterocycles. The van der Waals surface area contributed by atoms with Gasteiger partial charge in [-0.1, -0.05) is 12.1 Å². The van der Waals surface area contributed by atoms with Gasteiger partial charge in [0.15, 0.2) is 5.69 Å². The van der Waals surface area contributed by atoms with Crippen LogP contribution in [-0.2, 0) is 0 Å². The van der Waals surface area contributed by atoms with E-state index in [1.54, 1.807) is 6.20 Å². The monoisotopic (exact) mass is 349 g/mol. The van der Waals surface area contributed by atoms with Crippen LogP contribution < -0.4 is 5.32 Å². The molecule has 1 aliphatic heterocycles. The normalized spacial score (nSPS) is 15.3. The van der Waals surface area contributed by atoms with Crippen molar-refractivity contribution in [2.45, 2.75) is 19.9 Å². The number of aromatic amines is 1. The van der Waals surface area contributed by atoms with Gasteiger partial charge in [0.2, 0.25) is 0 Å². The molecule has 0 radical (unpaired) electrons. The summed E-state index contributed by atoms with van der Waals surface area (Å²) in [5.41, 5.74) is 3.35. The van der Waals surface area contributed by atoms with Crippen molar-refractivity contribution in [1.29, 1.82) is 0 Å². The van der Waals surface area contributed by atoms with Crippen LogP contribution in [0.3, 0.4) is 0 Å². The molecule has 1 fully saturated rings. The molecule has 2 N–H and O–H groups in total. The van der Waals surface area contributed by atoms with Crippen LogP contribution in [0.2, 0.25) is 0 Å². The Morgan fingerprint density at radius 3 is 2.88 bits per heavy atom. The largest absolute Gasteiger partial charge is 0.350 e. The fourth-order valence-electron chi connectivity index (χ4n) is 3.38. The summed E-state index contributed by atoms with van der Waals surface area (Å²) in [7, 11) is 0. The minimum atomic E-state index is -0.123. The molecule has 1 aliphatic rings. The van der Waals surface area contributed by atoms with Crippen LogP contribution in [0.25, 0.3) is 22.0 Å². The highest BCUT2D eigenvalue weighted by Gasteiger charge is 2.28. The van der Waals surface area contributed by atoms with Gasteiger partial charge in [-0.15, -0.1) is 0 Å². The van der Waals surface area contributed by atoms with Crippen LogP contribution in [0.5, 0.6) is 0 Å². The Balaban J connectivity index is 1.48. The fraction of sp³-hybridized carbons (Fsp3) is 0.350. The molecule has 1 saturated heterocycles. The summed E-state index contributed by atoms with van der Waals surface area (Å²) in [5.74, 6) is 0.403. The SMILES string of the molecule is CC(C)N1CC(CNC(=O)c2n[nH]c3ccc(-c4cccnc4)cc23)C1. The number of amides is 1. The third-order valence-electron chi connectivity index (χ3n) is 5.04. The van der Waals surface area contributed by atoms with E-state index in [9.17, 15) is 4.79 Å². The van der Waals surface area contributed by atoms with Crippen LogP contribution in [0, 0.1) is 5.92 Å². The molecule has 3 heterocycles. The molecule has 1 amide bonds. The zero-order chi connectivity index (χ0) is 18.1. The molecule has 6 nitrogen and oxygen atoms in total. The van der Waals surface area contributed by atoms with E-state index in [0.29, 0.717) is 24.2 Å². The number of nitrogens with zero attached hydrogens (tertiary/aromatic N) is 3. The highest BCUT2D eigenvalue weighted by Crippen LogP contribution is 2.25. The minimum Gasteiger partial charge on any atom is -0.350 e. The lowest BCUT2D eigenvalue weighted by Gasteiger charge is -2.42. The first-order valence-corrected chi connectivity index (χ1v) is 9.02. The smallest absolute Gasteiger partial charge is 0.272 e. The zero-order valence-electron chi connectivity index (χ0n) is 15.1. The number of aromatic nitrogens is 3. The number of pyridine rings is 1. The lowest BCUT2D eigenvalue weighted by atomic mass is 9.98. The second-order valence-corrected chi connectivity index (χ2v) is 7.20. The van der Waals surface area contributed by atoms with Crippen LogP contribution in [0.4, 0.5) is 0 Å². The first-order chi connectivity index (χ1) is 12.6. The van der Waals surface area contributed by atoms with E-state index in [1.807, 2.05) is 36.5 Å². The quantitative estimate of drug-likeness (QED) is 0.743. The van der Waals surface area contributed by atoms with Gasteiger partial charge in [-0.3, -0.25) is 14.9 Å². The number of carbonyl (C=O) groups is 1. The van der Waals surface area contributed by atoms with Gasteiger partial charge in [0.25, 0.3) is 5.91 Å². The topological polar surface area (TPSA) is 73.9 Å². The molecule has 4 rings (SSSR count). The van der Waals surface area contributed by atoms with E-state index in [0.717, 1.165) is 35.1 Å². The Hall–Kier alpha value is -2.73. The van der Waals surface area contributed by atoms with E-state index in [1.165, 1.54) is 0 Å². The zero-order valence-corrected chi connectivity index (χ0v) is 15.1. The maximum Gasteiger partial charge on any atom is 0.272 e. The van der Waals surface area contributed by atoms with Crippen molar-refractivity contribution < 1.29 is 4.79 Å². The van der Waals surface area contributed by atoms with Crippen LogP contribution in [0.1, 0.15) is 24.3 Å². The summed E-state index contributed by atoms with van der Waals surface area (Å²) in [6.45, 7) is 7.18. The number of hydrogen-bond acceptors (Lipinski definition) is 4. The number of benzene rings is 1. The number of rotatable bonds is 5. The van der Waals surface area contributed by atoms with Crippen molar-refractivity contribution in [3.63, 3.8) is 0 Å². The molecule has 0 saturated carbocycles. The molecular weight excluding hydrogens is 326 g/mol. The van der Waals surface area contributed by atoms with E-state index < -0.39 is 0 Å². The number of nitrogens with one attached hydrogen (secondary N) is 2. The average Bonchev–Trinajstić information content (AvgIpc) is 3.04. The van der Waals surface area contributed by atoms with E-state index in [4.69, 9.17) is 0 Å². The second-order valence-electron chi connectivity index (χ2n) is 7.20. The van der Waals surface area contributed by atoms with Crippen LogP contribution >= 0.6 is 0 Å². The Morgan fingerprint density at radius 1 is 1.31 bits per heavy atom.